The molecule has 0 spiro atoms. The van der Waals surface area contributed by atoms with Crippen LogP contribution in [0.1, 0.15) is 38.5 Å². The molecule has 1 aliphatic carbocycles. The Morgan fingerprint density at radius 1 is 1.05 bits per heavy atom. The largest absolute Gasteiger partial charge is 0.355 e. The molecule has 0 radical (unpaired) electrons. The fourth-order valence-electron chi connectivity index (χ4n) is 2.55. The topological polar surface area (TPSA) is 58.2 Å². The summed E-state index contributed by atoms with van der Waals surface area (Å²) in [6.07, 6.45) is 5.82. The van der Waals surface area contributed by atoms with Gasteiger partial charge in [0.2, 0.25) is 11.8 Å². The van der Waals surface area contributed by atoms with E-state index in [-0.39, 0.29) is 17.7 Å². The number of nitrogens with one attached hydrogen (secondary N) is 2. The van der Waals surface area contributed by atoms with Crippen molar-refractivity contribution in [1.82, 2.24) is 5.32 Å². The highest BCUT2D eigenvalue weighted by molar-refractivity contribution is 5.91. The minimum absolute atomic E-state index is 0.0693. The van der Waals surface area contributed by atoms with E-state index in [9.17, 15) is 9.59 Å². The van der Waals surface area contributed by atoms with E-state index in [2.05, 4.69) is 10.6 Å². The third-order valence-electron chi connectivity index (χ3n) is 3.68. The van der Waals surface area contributed by atoms with Crippen molar-refractivity contribution in [2.75, 3.05) is 11.9 Å². The second-order valence-electron chi connectivity index (χ2n) is 5.29. The lowest BCUT2D eigenvalue weighted by atomic mass is 9.89. The number of carbonyl (C=O) groups is 2. The molecule has 0 saturated heterocycles. The highest BCUT2D eigenvalue weighted by atomic mass is 16.2. The summed E-state index contributed by atoms with van der Waals surface area (Å²) in [6.45, 7) is 0.411. The lowest BCUT2D eigenvalue weighted by Crippen LogP contribution is -2.34. The maximum absolute atomic E-state index is 11.9. The second kappa shape index (κ2) is 7.68. The van der Waals surface area contributed by atoms with Gasteiger partial charge < -0.3 is 10.6 Å². The molecular weight excluding hydrogens is 252 g/mol. The molecule has 1 aliphatic rings. The van der Waals surface area contributed by atoms with Crippen LogP contribution in [0.25, 0.3) is 0 Å². The smallest absolute Gasteiger partial charge is 0.226 e. The average molecular weight is 274 g/mol. The Bertz CT molecular complexity index is 439. The Labute approximate surface area is 119 Å². The lowest BCUT2D eigenvalue weighted by Gasteiger charge is -2.20. The first-order valence-corrected chi connectivity index (χ1v) is 7.38. The lowest BCUT2D eigenvalue weighted by molar-refractivity contribution is -0.126. The Balaban J connectivity index is 1.65. The molecule has 2 rings (SSSR count). The summed E-state index contributed by atoms with van der Waals surface area (Å²) in [5.74, 6) is 0.193. The van der Waals surface area contributed by atoms with Gasteiger partial charge in [0, 0.05) is 24.6 Å². The number of anilines is 1. The summed E-state index contributed by atoms with van der Waals surface area (Å²) in [4.78, 5) is 23.6. The van der Waals surface area contributed by atoms with E-state index in [4.69, 9.17) is 0 Å². The van der Waals surface area contributed by atoms with Crippen LogP contribution in [0.3, 0.4) is 0 Å². The van der Waals surface area contributed by atoms with Crippen LogP contribution in [0, 0.1) is 5.92 Å². The van der Waals surface area contributed by atoms with E-state index in [1.54, 1.807) is 0 Å². The minimum Gasteiger partial charge on any atom is -0.355 e. The van der Waals surface area contributed by atoms with Crippen LogP contribution >= 0.6 is 0 Å². The van der Waals surface area contributed by atoms with Gasteiger partial charge in [-0.3, -0.25) is 9.59 Å². The first-order chi connectivity index (χ1) is 9.75. The fraction of sp³-hybridized carbons (Fsp3) is 0.500. The van der Waals surface area contributed by atoms with Crippen LogP contribution < -0.4 is 10.6 Å². The quantitative estimate of drug-likeness (QED) is 0.867. The second-order valence-corrected chi connectivity index (χ2v) is 5.29. The maximum Gasteiger partial charge on any atom is 0.226 e. The highest BCUT2D eigenvalue weighted by Gasteiger charge is 2.20. The molecule has 108 valence electrons. The number of rotatable bonds is 5. The number of benzene rings is 1. The maximum atomic E-state index is 11.9. The molecule has 0 unspecified atom stereocenters. The molecule has 4 nitrogen and oxygen atoms in total. The van der Waals surface area contributed by atoms with Crippen molar-refractivity contribution in [3.8, 4) is 0 Å². The highest BCUT2D eigenvalue weighted by Crippen LogP contribution is 2.23. The predicted molar refractivity (Wildman–Crippen MR) is 79.3 cm³/mol. The Kier molecular flexibility index (Phi) is 5.59. The van der Waals surface area contributed by atoms with Crippen LogP contribution in [0.5, 0.6) is 0 Å². The summed E-state index contributed by atoms with van der Waals surface area (Å²) >= 11 is 0. The van der Waals surface area contributed by atoms with E-state index in [0.717, 1.165) is 31.4 Å². The standard InChI is InChI=1S/C16H22N2O2/c19-15(18-14-9-5-2-6-10-14)11-12-17-16(20)13-7-3-1-4-8-13/h2,5-6,9-10,13H,1,3-4,7-8,11-12H2,(H,17,20)(H,18,19). The summed E-state index contributed by atoms with van der Waals surface area (Å²) in [7, 11) is 0. The van der Waals surface area contributed by atoms with Gasteiger partial charge in [-0.1, -0.05) is 37.5 Å². The number of amides is 2. The van der Waals surface area contributed by atoms with Crippen LogP contribution in [0.4, 0.5) is 5.69 Å². The molecule has 0 bridgehead atoms. The van der Waals surface area contributed by atoms with Crippen molar-refractivity contribution < 1.29 is 9.59 Å². The molecule has 1 fully saturated rings. The number of carbonyl (C=O) groups excluding carboxylic acids is 2. The van der Waals surface area contributed by atoms with Crippen LogP contribution in [0.2, 0.25) is 0 Å². The molecule has 1 aromatic rings. The minimum atomic E-state index is -0.0693. The van der Waals surface area contributed by atoms with E-state index in [1.807, 2.05) is 30.3 Å². The van der Waals surface area contributed by atoms with Gasteiger partial charge in [-0.05, 0) is 25.0 Å². The molecule has 1 aromatic carbocycles. The van der Waals surface area contributed by atoms with Gasteiger partial charge in [0.1, 0.15) is 0 Å². The van der Waals surface area contributed by atoms with Crippen LogP contribution in [-0.4, -0.2) is 18.4 Å². The summed E-state index contributed by atoms with van der Waals surface area (Å²) in [5, 5.41) is 5.67. The van der Waals surface area contributed by atoms with Crippen LogP contribution in [-0.2, 0) is 9.59 Å². The third-order valence-corrected chi connectivity index (χ3v) is 3.68. The zero-order valence-corrected chi connectivity index (χ0v) is 11.7. The van der Waals surface area contributed by atoms with Crippen molar-refractivity contribution in [3.63, 3.8) is 0 Å². The Morgan fingerprint density at radius 2 is 1.75 bits per heavy atom. The SMILES string of the molecule is O=C(CCNC(=O)C1CCCCC1)Nc1ccccc1. The molecule has 1 saturated carbocycles. The van der Waals surface area contributed by atoms with E-state index in [0.29, 0.717) is 13.0 Å². The normalized spacial score (nSPS) is 15.6. The number of hydrogen-bond donors (Lipinski definition) is 2. The first-order valence-electron chi connectivity index (χ1n) is 7.38. The molecule has 0 aromatic heterocycles. The first kappa shape index (κ1) is 14.6. The van der Waals surface area contributed by atoms with Gasteiger partial charge in [-0.25, -0.2) is 0 Å². The molecule has 0 atom stereocenters. The number of hydrogen-bond acceptors (Lipinski definition) is 2. The zero-order valence-electron chi connectivity index (χ0n) is 11.7. The van der Waals surface area contributed by atoms with Gasteiger partial charge in [-0.15, -0.1) is 0 Å². The molecular formula is C16H22N2O2. The van der Waals surface area contributed by atoms with E-state index in [1.165, 1.54) is 6.42 Å². The van der Waals surface area contributed by atoms with Crippen molar-refractivity contribution in [2.45, 2.75) is 38.5 Å². The molecule has 2 N–H and O–H groups in total. The molecule has 4 heteroatoms. The fourth-order valence-corrected chi connectivity index (χ4v) is 2.55. The molecule has 0 heterocycles. The molecule has 2 amide bonds. The van der Waals surface area contributed by atoms with E-state index >= 15 is 0 Å². The van der Waals surface area contributed by atoms with Crippen molar-refractivity contribution in [2.24, 2.45) is 5.92 Å². The third kappa shape index (κ3) is 4.68. The number of para-hydroxylation sites is 1. The van der Waals surface area contributed by atoms with Gasteiger partial charge in [0.15, 0.2) is 0 Å². The van der Waals surface area contributed by atoms with Crippen LogP contribution in [0.15, 0.2) is 30.3 Å². The Hall–Kier alpha value is -1.84. The summed E-state index contributed by atoms with van der Waals surface area (Å²) in [5.41, 5.74) is 0.788. The van der Waals surface area contributed by atoms with Crippen molar-refractivity contribution in [1.29, 1.82) is 0 Å². The van der Waals surface area contributed by atoms with Gasteiger partial charge in [0.05, 0.1) is 0 Å². The average Bonchev–Trinajstić information content (AvgIpc) is 2.49. The summed E-state index contributed by atoms with van der Waals surface area (Å²) < 4.78 is 0. The summed E-state index contributed by atoms with van der Waals surface area (Å²) in [6, 6.07) is 9.35. The van der Waals surface area contributed by atoms with Crippen molar-refractivity contribution in [3.05, 3.63) is 30.3 Å². The monoisotopic (exact) mass is 274 g/mol. The van der Waals surface area contributed by atoms with Crippen molar-refractivity contribution >= 4 is 17.5 Å². The van der Waals surface area contributed by atoms with Gasteiger partial charge in [-0.2, -0.15) is 0 Å². The van der Waals surface area contributed by atoms with E-state index < -0.39 is 0 Å². The Morgan fingerprint density at radius 3 is 2.45 bits per heavy atom. The zero-order chi connectivity index (χ0) is 14.2. The molecule has 0 aliphatic heterocycles. The van der Waals surface area contributed by atoms with Gasteiger partial charge >= 0.3 is 0 Å². The molecule has 20 heavy (non-hydrogen) atoms. The van der Waals surface area contributed by atoms with Gasteiger partial charge in [0.25, 0.3) is 0 Å². The predicted octanol–water partition coefficient (Wildman–Crippen LogP) is 2.71.